The van der Waals surface area contributed by atoms with Gasteiger partial charge in [0, 0.05) is 49.7 Å². The van der Waals surface area contributed by atoms with Gasteiger partial charge in [-0.25, -0.2) is 4.39 Å². The van der Waals surface area contributed by atoms with Gasteiger partial charge in [0.25, 0.3) is 5.91 Å². The quantitative estimate of drug-likeness (QED) is 0.853. The molecule has 1 aromatic carbocycles. The van der Waals surface area contributed by atoms with E-state index in [0.29, 0.717) is 30.1 Å². The third kappa shape index (κ3) is 3.28. The Hall–Kier alpha value is -1.82. The molecule has 3 fully saturated rings. The van der Waals surface area contributed by atoms with E-state index in [9.17, 15) is 14.0 Å². The van der Waals surface area contributed by atoms with Crippen molar-refractivity contribution in [3.8, 4) is 0 Å². The van der Waals surface area contributed by atoms with Crippen molar-refractivity contribution in [2.45, 2.75) is 50.9 Å². The molecule has 2 amide bonds. The fourth-order valence-corrected chi connectivity index (χ4v) is 4.72. The topological polar surface area (TPSA) is 52.7 Å². The Balaban J connectivity index is 1.45. The molecule has 2 bridgehead atoms. The van der Waals surface area contributed by atoms with Crippen LogP contribution in [-0.2, 0) is 4.79 Å². The van der Waals surface area contributed by atoms with Crippen molar-refractivity contribution in [2.75, 3.05) is 25.5 Å². The van der Waals surface area contributed by atoms with Crippen molar-refractivity contribution < 1.29 is 14.0 Å². The van der Waals surface area contributed by atoms with Crippen LogP contribution in [0.3, 0.4) is 0 Å². The van der Waals surface area contributed by atoms with Gasteiger partial charge < -0.3 is 15.1 Å². The van der Waals surface area contributed by atoms with E-state index in [1.165, 1.54) is 0 Å². The number of benzene rings is 1. The fourth-order valence-electron chi connectivity index (χ4n) is 4.46. The van der Waals surface area contributed by atoms with E-state index in [-0.39, 0.29) is 30.3 Å². The van der Waals surface area contributed by atoms with Gasteiger partial charge in [0.1, 0.15) is 6.17 Å². The van der Waals surface area contributed by atoms with Gasteiger partial charge in [-0.05, 0) is 37.5 Å². The molecular weight excluding hydrogens is 369 g/mol. The molecule has 146 valence electrons. The maximum absolute atomic E-state index is 13.5. The van der Waals surface area contributed by atoms with Crippen molar-refractivity contribution in [1.82, 2.24) is 9.80 Å². The average molecular weight is 394 g/mol. The van der Waals surface area contributed by atoms with Crippen LogP contribution < -0.4 is 5.32 Å². The first-order chi connectivity index (χ1) is 12.8. The summed E-state index contributed by atoms with van der Waals surface area (Å²) in [5.41, 5.74) is 0.860. The number of nitrogens with one attached hydrogen (secondary N) is 1. The molecule has 3 aliphatic rings. The molecule has 0 radical (unpaired) electrons. The predicted molar refractivity (Wildman–Crippen MR) is 103 cm³/mol. The number of amides is 2. The second-order valence-corrected chi connectivity index (χ2v) is 8.75. The first-order valence-electron chi connectivity index (χ1n) is 9.54. The zero-order valence-corrected chi connectivity index (χ0v) is 16.4. The van der Waals surface area contributed by atoms with Crippen LogP contribution in [0.5, 0.6) is 0 Å². The molecule has 4 unspecified atom stereocenters. The lowest BCUT2D eigenvalue weighted by Gasteiger charge is -2.41. The molecule has 5 nitrogen and oxygen atoms in total. The summed E-state index contributed by atoms with van der Waals surface area (Å²) < 4.78 is 13.5. The second-order valence-electron chi connectivity index (χ2n) is 8.34. The van der Waals surface area contributed by atoms with Crippen LogP contribution in [0.2, 0.25) is 5.02 Å². The van der Waals surface area contributed by atoms with E-state index in [4.69, 9.17) is 11.6 Å². The number of rotatable bonds is 4. The molecule has 0 aromatic heterocycles. The van der Waals surface area contributed by atoms with E-state index < -0.39 is 11.6 Å². The molecule has 27 heavy (non-hydrogen) atoms. The first-order valence-corrected chi connectivity index (χ1v) is 9.92. The number of fused-ring (bicyclic) bond motifs is 2. The molecule has 0 spiro atoms. The SMILES string of the molecule is CNc1ccc(C(=O)N2CC3CCC(C2)N3C(=O)CC2(C)CC2F)c(Cl)c1. The number of alkyl halides is 1. The van der Waals surface area contributed by atoms with Gasteiger partial charge in [-0.15, -0.1) is 0 Å². The highest BCUT2D eigenvalue weighted by Gasteiger charge is 2.54. The first kappa shape index (κ1) is 18.5. The number of carbonyl (C=O) groups excluding carboxylic acids is 2. The van der Waals surface area contributed by atoms with Crippen LogP contribution in [0, 0.1) is 5.41 Å². The number of carbonyl (C=O) groups is 2. The Labute approximate surface area is 163 Å². The second kappa shape index (κ2) is 6.66. The molecule has 7 heteroatoms. The molecule has 1 aliphatic carbocycles. The van der Waals surface area contributed by atoms with E-state index >= 15 is 0 Å². The molecule has 2 saturated heterocycles. The highest BCUT2D eigenvalue weighted by atomic mass is 35.5. The normalized spacial score (nSPS) is 31.8. The minimum absolute atomic E-state index is 0.0240. The summed E-state index contributed by atoms with van der Waals surface area (Å²) in [6.07, 6.45) is 1.68. The van der Waals surface area contributed by atoms with E-state index in [1.807, 2.05) is 22.8 Å². The Morgan fingerprint density at radius 3 is 2.44 bits per heavy atom. The van der Waals surface area contributed by atoms with Gasteiger partial charge in [0.05, 0.1) is 10.6 Å². The highest BCUT2D eigenvalue weighted by Crippen LogP contribution is 2.51. The minimum atomic E-state index is -0.857. The van der Waals surface area contributed by atoms with Crippen LogP contribution in [0.25, 0.3) is 0 Å². The zero-order chi connectivity index (χ0) is 19.3. The van der Waals surface area contributed by atoms with Crippen LogP contribution >= 0.6 is 11.6 Å². The number of anilines is 1. The number of nitrogens with zero attached hydrogens (tertiary/aromatic N) is 2. The molecule has 2 heterocycles. The molecule has 4 rings (SSSR count). The number of hydrogen-bond acceptors (Lipinski definition) is 3. The van der Waals surface area contributed by atoms with Gasteiger partial charge in [-0.2, -0.15) is 0 Å². The van der Waals surface area contributed by atoms with Crippen molar-refractivity contribution in [1.29, 1.82) is 0 Å². The van der Waals surface area contributed by atoms with Gasteiger partial charge in [-0.3, -0.25) is 9.59 Å². The van der Waals surface area contributed by atoms with Crippen molar-refractivity contribution in [3.05, 3.63) is 28.8 Å². The standard InChI is InChI=1S/C20H25ClFN3O2/c1-20(8-17(20)22)9-18(26)25-13-4-5-14(25)11-24(10-13)19(27)15-6-3-12(23-2)7-16(15)21/h3,6-7,13-14,17,23H,4-5,8-11H2,1-2H3. The maximum atomic E-state index is 13.5. The van der Waals surface area contributed by atoms with Gasteiger partial charge in [-0.1, -0.05) is 18.5 Å². The number of piperazine rings is 1. The van der Waals surface area contributed by atoms with Crippen LogP contribution in [0.1, 0.15) is 43.0 Å². The summed E-state index contributed by atoms with van der Waals surface area (Å²) in [6.45, 7) is 2.87. The van der Waals surface area contributed by atoms with Crippen LogP contribution in [0.4, 0.5) is 10.1 Å². The summed E-state index contributed by atoms with van der Waals surface area (Å²) in [5.74, 6) is -0.0571. The molecule has 4 atom stereocenters. The summed E-state index contributed by atoms with van der Waals surface area (Å²) in [5, 5.41) is 3.43. The Morgan fingerprint density at radius 2 is 1.93 bits per heavy atom. The predicted octanol–water partition coefficient (Wildman–Crippen LogP) is 3.34. The van der Waals surface area contributed by atoms with E-state index in [1.54, 1.807) is 19.2 Å². The minimum Gasteiger partial charge on any atom is -0.388 e. The summed E-state index contributed by atoms with van der Waals surface area (Å²) >= 11 is 6.30. The van der Waals surface area contributed by atoms with Crippen molar-refractivity contribution in [3.63, 3.8) is 0 Å². The van der Waals surface area contributed by atoms with Crippen molar-refractivity contribution in [2.24, 2.45) is 5.41 Å². The summed E-state index contributed by atoms with van der Waals surface area (Å²) in [4.78, 5) is 29.5. The third-order valence-corrected chi connectivity index (χ3v) is 6.65. The molecule has 2 aliphatic heterocycles. The number of halogens is 2. The third-order valence-electron chi connectivity index (χ3n) is 6.34. The summed E-state index contributed by atoms with van der Waals surface area (Å²) in [7, 11) is 1.80. The van der Waals surface area contributed by atoms with Gasteiger partial charge in [0.15, 0.2) is 0 Å². The van der Waals surface area contributed by atoms with E-state index in [0.717, 1.165) is 18.5 Å². The number of hydrogen-bond donors (Lipinski definition) is 1. The zero-order valence-electron chi connectivity index (χ0n) is 15.7. The van der Waals surface area contributed by atoms with Gasteiger partial charge in [0.2, 0.25) is 5.91 Å². The highest BCUT2D eigenvalue weighted by molar-refractivity contribution is 6.34. The molecule has 1 aromatic rings. The average Bonchev–Trinajstić information content (AvgIpc) is 3.13. The monoisotopic (exact) mass is 393 g/mol. The lowest BCUT2D eigenvalue weighted by molar-refractivity contribution is -0.137. The smallest absolute Gasteiger partial charge is 0.255 e. The largest absolute Gasteiger partial charge is 0.388 e. The lowest BCUT2D eigenvalue weighted by atomic mass is 10.0. The van der Waals surface area contributed by atoms with Crippen molar-refractivity contribution >= 4 is 29.1 Å². The molecule has 1 saturated carbocycles. The number of likely N-dealkylation sites (tertiary alicyclic amines) is 1. The van der Waals surface area contributed by atoms with Gasteiger partial charge >= 0.3 is 0 Å². The van der Waals surface area contributed by atoms with E-state index in [2.05, 4.69) is 5.32 Å². The molecule has 1 N–H and O–H groups in total. The molecular formula is C20H25ClFN3O2. The Morgan fingerprint density at radius 1 is 1.30 bits per heavy atom. The maximum Gasteiger partial charge on any atom is 0.255 e. The fraction of sp³-hybridized carbons (Fsp3) is 0.600. The Kier molecular flexibility index (Phi) is 4.57. The lowest BCUT2D eigenvalue weighted by Crippen LogP contribution is -2.57. The summed E-state index contributed by atoms with van der Waals surface area (Å²) in [6, 6.07) is 5.36. The van der Waals surface area contributed by atoms with Crippen LogP contribution in [0.15, 0.2) is 18.2 Å². The Bertz CT molecular complexity index is 774. The van der Waals surface area contributed by atoms with Crippen LogP contribution in [-0.4, -0.2) is 60.0 Å².